The van der Waals surface area contributed by atoms with Gasteiger partial charge in [0.05, 0.1) is 12.8 Å². The van der Waals surface area contributed by atoms with Crippen molar-refractivity contribution in [2.45, 2.75) is 0 Å². The number of amides is 2. The molecule has 2 amide bonds. The van der Waals surface area contributed by atoms with Gasteiger partial charge in [-0.15, -0.1) is 0 Å². The maximum absolute atomic E-state index is 13.7. The summed E-state index contributed by atoms with van der Waals surface area (Å²) in [6.07, 6.45) is 0. The van der Waals surface area contributed by atoms with Gasteiger partial charge in [-0.3, -0.25) is 9.59 Å². The molecule has 3 aromatic rings. The first-order chi connectivity index (χ1) is 13.5. The van der Waals surface area contributed by atoms with Gasteiger partial charge in [0.25, 0.3) is 11.8 Å². The fourth-order valence-corrected chi connectivity index (χ4v) is 2.33. The number of hydrogen-bond donors (Lipinski definition) is 2. The third kappa shape index (κ3) is 4.47. The zero-order chi connectivity index (χ0) is 20.1. The molecule has 0 aliphatic heterocycles. The van der Waals surface area contributed by atoms with E-state index in [4.69, 9.17) is 4.74 Å². The van der Waals surface area contributed by atoms with Gasteiger partial charge in [0.1, 0.15) is 28.8 Å². The highest BCUT2D eigenvalue weighted by molar-refractivity contribution is 6.06. The van der Waals surface area contributed by atoms with Crippen molar-refractivity contribution in [1.29, 1.82) is 0 Å². The van der Waals surface area contributed by atoms with Crippen molar-refractivity contribution in [2.75, 3.05) is 17.7 Å². The second kappa shape index (κ2) is 8.26. The lowest BCUT2D eigenvalue weighted by Crippen LogP contribution is -2.19. The van der Waals surface area contributed by atoms with Crippen LogP contribution in [0.3, 0.4) is 0 Å². The number of carbonyl (C=O) groups is 2. The van der Waals surface area contributed by atoms with E-state index in [0.717, 1.165) is 12.1 Å². The number of methoxy groups -OCH3 is 1. The number of anilines is 2. The lowest BCUT2D eigenvalue weighted by Gasteiger charge is -2.08. The topological polar surface area (TPSA) is 80.3 Å². The molecule has 0 aliphatic carbocycles. The molecule has 0 saturated carbocycles. The highest BCUT2D eigenvalue weighted by Crippen LogP contribution is 2.17. The first-order valence-electron chi connectivity index (χ1n) is 8.15. The van der Waals surface area contributed by atoms with Crippen LogP contribution < -0.4 is 15.4 Å². The Morgan fingerprint density at radius 1 is 0.893 bits per heavy atom. The summed E-state index contributed by atoms with van der Waals surface area (Å²) in [5.41, 5.74) is 0.242. The number of benzene rings is 2. The van der Waals surface area contributed by atoms with E-state index in [2.05, 4.69) is 15.6 Å². The summed E-state index contributed by atoms with van der Waals surface area (Å²) in [6, 6.07) is 13.7. The van der Waals surface area contributed by atoms with Crippen molar-refractivity contribution < 1.29 is 23.1 Å². The molecular formula is C20H15F2N3O3. The van der Waals surface area contributed by atoms with Crippen molar-refractivity contribution in [3.63, 3.8) is 0 Å². The maximum atomic E-state index is 13.7. The Hall–Kier alpha value is -3.81. The lowest BCUT2D eigenvalue weighted by atomic mass is 10.2. The normalized spacial score (nSPS) is 10.2. The van der Waals surface area contributed by atoms with Crippen LogP contribution in [0.5, 0.6) is 5.75 Å². The molecule has 1 aromatic heterocycles. The molecule has 0 bridgehead atoms. The Kier molecular flexibility index (Phi) is 5.59. The first kappa shape index (κ1) is 19.0. The summed E-state index contributed by atoms with van der Waals surface area (Å²) in [7, 11) is 1.53. The molecule has 0 saturated heterocycles. The van der Waals surface area contributed by atoms with Crippen molar-refractivity contribution in [2.24, 2.45) is 0 Å². The number of rotatable bonds is 5. The molecule has 0 unspecified atom stereocenters. The second-order valence-corrected chi connectivity index (χ2v) is 5.67. The fraction of sp³-hybridized carbons (Fsp3) is 0.0500. The van der Waals surface area contributed by atoms with Gasteiger partial charge >= 0.3 is 0 Å². The number of halogens is 2. The Labute approximate surface area is 159 Å². The van der Waals surface area contributed by atoms with E-state index in [-0.39, 0.29) is 17.1 Å². The average Bonchev–Trinajstić information content (AvgIpc) is 2.70. The van der Waals surface area contributed by atoms with Gasteiger partial charge in [-0.05, 0) is 48.5 Å². The van der Waals surface area contributed by atoms with E-state index in [1.165, 1.54) is 25.3 Å². The maximum Gasteiger partial charge on any atom is 0.274 e. The van der Waals surface area contributed by atoms with Crippen molar-refractivity contribution in [3.05, 3.63) is 83.7 Å². The van der Waals surface area contributed by atoms with Gasteiger partial charge in [0.2, 0.25) is 0 Å². The van der Waals surface area contributed by atoms with E-state index in [0.29, 0.717) is 17.5 Å². The van der Waals surface area contributed by atoms with Crippen LogP contribution in [0.15, 0.2) is 60.7 Å². The van der Waals surface area contributed by atoms with Gasteiger partial charge in [0.15, 0.2) is 0 Å². The molecule has 2 N–H and O–H groups in total. The lowest BCUT2D eigenvalue weighted by molar-refractivity contribution is 0.101. The zero-order valence-electron chi connectivity index (χ0n) is 14.7. The average molecular weight is 383 g/mol. The minimum atomic E-state index is -0.915. The number of carbonyl (C=O) groups excluding carboxylic acids is 2. The van der Waals surface area contributed by atoms with Crippen LogP contribution in [0.2, 0.25) is 0 Å². The van der Waals surface area contributed by atoms with Gasteiger partial charge in [-0.25, -0.2) is 13.8 Å². The largest absolute Gasteiger partial charge is 0.497 e. The number of ether oxygens (including phenoxy) is 1. The number of aromatic nitrogens is 1. The van der Waals surface area contributed by atoms with Gasteiger partial charge in [-0.2, -0.15) is 0 Å². The molecule has 3 rings (SSSR count). The molecule has 142 valence electrons. The second-order valence-electron chi connectivity index (χ2n) is 5.67. The highest BCUT2D eigenvalue weighted by atomic mass is 19.1. The standard InChI is InChI=1S/C20H15F2N3O3/c1-28-14-8-6-13(7-9-14)23-19(26)17-3-2-4-18(24-17)20(27)25-16-10-5-12(21)11-15(16)22/h2-11H,1H3,(H,23,26)(H,25,27). The van der Waals surface area contributed by atoms with E-state index < -0.39 is 23.4 Å². The van der Waals surface area contributed by atoms with Crippen LogP contribution in [0.1, 0.15) is 21.0 Å². The summed E-state index contributed by atoms with van der Waals surface area (Å²) in [6.45, 7) is 0. The Morgan fingerprint density at radius 2 is 1.54 bits per heavy atom. The molecule has 6 nitrogen and oxygen atoms in total. The predicted octanol–water partition coefficient (Wildman–Crippen LogP) is 3.87. The Balaban J connectivity index is 1.73. The van der Waals surface area contributed by atoms with Crippen LogP contribution in [-0.4, -0.2) is 23.9 Å². The third-order valence-electron chi connectivity index (χ3n) is 3.74. The van der Waals surface area contributed by atoms with Gasteiger partial charge < -0.3 is 15.4 Å². The molecule has 2 aromatic carbocycles. The molecule has 0 atom stereocenters. The van der Waals surface area contributed by atoms with Crippen LogP contribution in [0, 0.1) is 11.6 Å². The third-order valence-corrected chi connectivity index (χ3v) is 3.74. The minimum absolute atomic E-state index is 0.00282. The summed E-state index contributed by atoms with van der Waals surface area (Å²) in [5, 5.41) is 4.94. The fourth-order valence-electron chi connectivity index (χ4n) is 2.33. The van der Waals surface area contributed by atoms with Gasteiger partial charge in [-0.1, -0.05) is 6.07 Å². The van der Waals surface area contributed by atoms with E-state index in [9.17, 15) is 18.4 Å². The molecule has 0 fully saturated rings. The van der Waals surface area contributed by atoms with Crippen LogP contribution in [0.25, 0.3) is 0 Å². The van der Waals surface area contributed by atoms with E-state index >= 15 is 0 Å². The summed E-state index contributed by atoms with van der Waals surface area (Å²) >= 11 is 0. The minimum Gasteiger partial charge on any atom is -0.497 e. The first-order valence-corrected chi connectivity index (χ1v) is 8.15. The molecule has 1 heterocycles. The molecule has 8 heteroatoms. The SMILES string of the molecule is COc1ccc(NC(=O)c2cccc(C(=O)Nc3ccc(F)cc3F)n2)cc1. The van der Waals surface area contributed by atoms with Crippen molar-refractivity contribution >= 4 is 23.2 Å². The highest BCUT2D eigenvalue weighted by Gasteiger charge is 2.14. The monoisotopic (exact) mass is 383 g/mol. The number of nitrogens with one attached hydrogen (secondary N) is 2. The van der Waals surface area contributed by atoms with Gasteiger partial charge in [0, 0.05) is 11.8 Å². The van der Waals surface area contributed by atoms with Crippen molar-refractivity contribution in [1.82, 2.24) is 4.98 Å². The van der Waals surface area contributed by atoms with E-state index in [1.807, 2.05) is 0 Å². The molecule has 28 heavy (non-hydrogen) atoms. The summed E-state index contributed by atoms with van der Waals surface area (Å²) in [4.78, 5) is 28.6. The quantitative estimate of drug-likeness (QED) is 0.701. The summed E-state index contributed by atoms with van der Waals surface area (Å²) in [5.74, 6) is -2.28. The van der Waals surface area contributed by atoms with Crippen LogP contribution in [0.4, 0.5) is 20.2 Å². The number of hydrogen-bond acceptors (Lipinski definition) is 4. The zero-order valence-corrected chi connectivity index (χ0v) is 14.7. The molecule has 0 radical (unpaired) electrons. The smallest absolute Gasteiger partial charge is 0.274 e. The van der Waals surface area contributed by atoms with Crippen LogP contribution in [-0.2, 0) is 0 Å². The number of pyridine rings is 1. The predicted molar refractivity (Wildman–Crippen MR) is 99.5 cm³/mol. The molecule has 0 spiro atoms. The van der Waals surface area contributed by atoms with E-state index in [1.54, 1.807) is 24.3 Å². The number of nitrogens with zero attached hydrogens (tertiary/aromatic N) is 1. The molecule has 0 aliphatic rings. The van der Waals surface area contributed by atoms with Crippen molar-refractivity contribution in [3.8, 4) is 5.75 Å². The Bertz CT molecular complexity index is 1020. The van der Waals surface area contributed by atoms with Crippen LogP contribution >= 0.6 is 0 Å². The Morgan fingerprint density at radius 3 is 2.14 bits per heavy atom. The summed E-state index contributed by atoms with van der Waals surface area (Å²) < 4.78 is 31.7. The molecular weight excluding hydrogens is 368 g/mol.